The fourth-order valence-electron chi connectivity index (χ4n) is 1.29. The lowest BCUT2D eigenvalue weighted by atomic mass is 10.4. The molecule has 2 aromatic heterocycles. The minimum atomic E-state index is 0. The summed E-state index contributed by atoms with van der Waals surface area (Å²) in [5.41, 5.74) is 0.522. The van der Waals surface area contributed by atoms with Crippen LogP contribution in [-0.4, -0.2) is 9.55 Å². The predicted octanol–water partition coefficient (Wildman–Crippen LogP) is 0.314. The van der Waals surface area contributed by atoms with Gasteiger partial charge in [0.1, 0.15) is 22.4 Å². The third-order valence-electron chi connectivity index (χ3n) is 2.00. The molecule has 2 heterocycles. The van der Waals surface area contributed by atoms with Crippen molar-refractivity contribution in [2.75, 3.05) is 0 Å². The zero-order valence-corrected chi connectivity index (χ0v) is 12.2. The molecule has 0 aromatic carbocycles. The Bertz CT molecular complexity index is 526. The van der Waals surface area contributed by atoms with Crippen LogP contribution in [0.4, 0.5) is 0 Å². The lowest BCUT2D eigenvalue weighted by molar-refractivity contribution is -0.670. The average Bonchev–Trinajstić information content (AvgIpc) is 2.62. The molecule has 3 nitrogen and oxygen atoms in total. The van der Waals surface area contributed by atoms with E-state index in [1.807, 2.05) is 17.8 Å². The standard InChI is InChI=1S/C9H6Cl4N3.ClH/c1-15-2-3-16(4-15)7-5(10)8(12)14-9(13)6(7)11;/h2-4H,1H3;1H/q+1;/p-1. The van der Waals surface area contributed by atoms with Crippen LogP contribution in [-0.2, 0) is 7.05 Å². The molecule has 0 aliphatic heterocycles. The van der Waals surface area contributed by atoms with Gasteiger partial charge in [-0.05, 0) is 0 Å². The van der Waals surface area contributed by atoms with Crippen molar-refractivity contribution in [3.63, 3.8) is 0 Å². The molecule has 2 rings (SSSR count). The van der Waals surface area contributed by atoms with Crippen LogP contribution < -0.4 is 17.0 Å². The van der Waals surface area contributed by atoms with Gasteiger partial charge in [0.15, 0.2) is 16.0 Å². The second-order valence-corrected chi connectivity index (χ2v) is 4.63. The second kappa shape index (κ2) is 5.63. The maximum absolute atomic E-state index is 6.05. The summed E-state index contributed by atoms with van der Waals surface area (Å²) < 4.78 is 3.57. The molecular formula is C9H6Cl5N3. The van der Waals surface area contributed by atoms with Gasteiger partial charge in [0.05, 0.1) is 7.05 Å². The van der Waals surface area contributed by atoms with Crippen molar-refractivity contribution >= 4 is 46.4 Å². The molecule has 0 aliphatic carbocycles. The van der Waals surface area contributed by atoms with Crippen molar-refractivity contribution in [3.8, 4) is 5.69 Å². The van der Waals surface area contributed by atoms with Crippen molar-refractivity contribution in [1.29, 1.82) is 0 Å². The molecule has 0 aliphatic rings. The van der Waals surface area contributed by atoms with Crippen molar-refractivity contribution in [2.24, 2.45) is 7.05 Å². The van der Waals surface area contributed by atoms with Crippen molar-refractivity contribution in [1.82, 2.24) is 9.55 Å². The Morgan fingerprint density at radius 3 is 2.06 bits per heavy atom. The molecule has 0 bridgehead atoms. The third-order valence-corrected chi connectivity index (χ3v) is 3.46. The predicted molar refractivity (Wildman–Crippen MR) is 64.8 cm³/mol. The highest BCUT2D eigenvalue weighted by atomic mass is 35.5. The number of aryl methyl sites for hydroxylation is 1. The van der Waals surface area contributed by atoms with Crippen LogP contribution >= 0.6 is 46.4 Å². The highest BCUT2D eigenvalue weighted by Gasteiger charge is 2.21. The molecule has 17 heavy (non-hydrogen) atoms. The van der Waals surface area contributed by atoms with Crippen molar-refractivity contribution in [2.45, 2.75) is 0 Å². The number of hydrogen-bond donors (Lipinski definition) is 0. The molecule has 0 atom stereocenters. The van der Waals surface area contributed by atoms with Crippen LogP contribution in [0.5, 0.6) is 0 Å². The SMILES string of the molecule is C[n+]1ccn(-c2c(Cl)c(Cl)nc(Cl)c2Cl)c1.[Cl-]. The van der Waals surface area contributed by atoms with E-state index in [2.05, 4.69) is 4.98 Å². The molecule has 2 aromatic rings. The summed E-state index contributed by atoms with van der Waals surface area (Å²) >= 11 is 23.8. The quantitative estimate of drug-likeness (QED) is 0.544. The van der Waals surface area contributed by atoms with Gasteiger partial charge in [-0.1, -0.05) is 46.4 Å². The van der Waals surface area contributed by atoms with E-state index in [-0.39, 0.29) is 32.8 Å². The summed E-state index contributed by atoms with van der Waals surface area (Å²) in [5.74, 6) is 0. The maximum Gasteiger partial charge on any atom is 0.248 e. The maximum atomic E-state index is 6.05. The second-order valence-electron chi connectivity index (χ2n) is 3.16. The zero-order valence-electron chi connectivity index (χ0n) is 8.46. The molecule has 0 spiro atoms. The molecule has 0 unspecified atom stereocenters. The molecular weight excluding hydrogens is 327 g/mol. The van der Waals surface area contributed by atoms with Crippen LogP contribution in [0.15, 0.2) is 18.7 Å². The van der Waals surface area contributed by atoms with E-state index in [4.69, 9.17) is 46.4 Å². The number of rotatable bonds is 1. The average molecular weight is 333 g/mol. The fourth-order valence-corrected chi connectivity index (χ4v) is 2.19. The number of imidazole rings is 1. The highest BCUT2D eigenvalue weighted by molar-refractivity contribution is 6.47. The van der Waals surface area contributed by atoms with E-state index in [0.717, 1.165) is 0 Å². The van der Waals surface area contributed by atoms with Crippen LogP contribution in [0.3, 0.4) is 0 Å². The molecule has 0 saturated carbocycles. The lowest BCUT2D eigenvalue weighted by Crippen LogP contribution is -3.00. The van der Waals surface area contributed by atoms with Gasteiger partial charge in [0.2, 0.25) is 6.33 Å². The smallest absolute Gasteiger partial charge is 0.248 e. The van der Waals surface area contributed by atoms with E-state index in [1.165, 1.54) is 0 Å². The monoisotopic (exact) mass is 331 g/mol. The molecule has 0 fully saturated rings. The Hall–Kier alpha value is -0.190. The molecule has 92 valence electrons. The van der Waals surface area contributed by atoms with Gasteiger partial charge in [-0.15, -0.1) is 0 Å². The van der Waals surface area contributed by atoms with Crippen molar-refractivity contribution < 1.29 is 17.0 Å². The Balaban J connectivity index is 0.00000144. The van der Waals surface area contributed by atoms with Gasteiger partial charge in [0.25, 0.3) is 0 Å². The third kappa shape index (κ3) is 2.80. The summed E-state index contributed by atoms with van der Waals surface area (Å²) in [4.78, 5) is 3.81. The van der Waals surface area contributed by atoms with Gasteiger partial charge in [-0.25, -0.2) is 9.55 Å². The van der Waals surface area contributed by atoms with E-state index in [9.17, 15) is 0 Å². The Morgan fingerprint density at radius 2 is 1.65 bits per heavy atom. The summed E-state index contributed by atoms with van der Waals surface area (Å²) in [7, 11) is 1.88. The first-order valence-corrected chi connectivity index (χ1v) is 5.75. The Labute approximate surface area is 124 Å². The Morgan fingerprint density at radius 1 is 1.12 bits per heavy atom. The summed E-state index contributed by atoms with van der Waals surface area (Å²) in [6, 6.07) is 0. The fraction of sp³-hybridized carbons (Fsp3) is 0.111. The minimum Gasteiger partial charge on any atom is -1.00 e. The van der Waals surface area contributed by atoms with Crippen LogP contribution in [0.1, 0.15) is 0 Å². The van der Waals surface area contributed by atoms with E-state index < -0.39 is 0 Å². The van der Waals surface area contributed by atoms with Crippen LogP contribution in [0.2, 0.25) is 20.4 Å². The molecule has 0 amide bonds. The zero-order chi connectivity index (χ0) is 11.9. The van der Waals surface area contributed by atoms with Crippen LogP contribution in [0.25, 0.3) is 5.69 Å². The highest BCUT2D eigenvalue weighted by Crippen LogP contribution is 2.36. The topological polar surface area (TPSA) is 21.7 Å². The number of halogens is 5. The van der Waals surface area contributed by atoms with Gasteiger partial charge in [0, 0.05) is 0 Å². The number of pyridine rings is 1. The van der Waals surface area contributed by atoms with Gasteiger partial charge < -0.3 is 12.4 Å². The first kappa shape index (κ1) is 14.9. The largest absolute Gasteiger partial charge is 1.00 e. The normalized spacial score (nSPS) is 10.2. The summed E-state index contributed by atoms with van der Waals surface area (Å²) in [5, 5.41) is 0.796. The summed E-state index contributed by atoms with van der Waals surface area (Å²) in [6.45, 7) is 0. The van der Waals surface area contributed by atoms with Gasteiger partial charge >= 0.3 is 0 Å². The van der Waals surface area contributed by atoms with Crippen molar-refractivity contribution in [3.05, 3.63) is 39.1 Å². The summed E-state index contributed by atoms with van der Waals surface area (Å²) in [6.07, 6.45) is 5.42. The minimum absolute atomic E-state index is 0. The van der Waals surface area contributed by atoms with Gasteiger partial charge in [-0.2, -0.15) is 4.57 Å². The molecule has 8 heteroatoms. The lowest BCUT2D eigenvalue weighted by Gasteiger charge is -2.05. The van der Waals surface area contributed by atoms with E-state index >= 15 is 0 Å². The number of hydrogen-bond acceptors (Lipinski definition) is 1. The molecule has 0 N–H and O–H groups in total. The first-order valence-electron chi connectivity index (χ1n) is 4.24. The Kier molecular flexibility index (Phi) is 4.93. The first-order chi connectivity index (χ1) is 7.50. The molecule has 0 saturated heterocycles. The van der Waals surface area contributed by atoms with E-state index in [1.54, 1.807) is 17.1 Å². The molecule has 0 radical (unpaired) electrons. The van der Waals surface area contributed by atoms with Gasteiger partial charge in [-0.3, -0.25) is 0 Å². The number of nitrogens with zero attached hydrogens (tertiary/aromatic N) is 3. The number of aromatic nitrogens is 3. The van der Waals surface area contributed by atoms with E-state index in [0.29, 0.717) is 5.69 Å². The van der Waals surface area contributed by atoms with Crippen LogP contribution in [0, 0.1) is 0 Å².